The van der Waals surface area contributed by atoms with Gasteiger partial charge in [0.05, 0.1) is 11.4 Å². The van der Waals surface area contributed by atoms with Gasteiger partial charge in [0, 0.05) is 12.3 Å². The summed E-state index contributed by atoms with van der Waals surface area (Å²) in [6, 6.07) is 0. The molecule has 0 aromatic carbocycles. The van der Waals surface area contributed by atoms with Gasteiger partial charge in [-0.1, -0.05) is 0 Å². The summed E-state index contributed by atoms with van der Waals surface area (Å²) in [6.45, 7) is 2.81. The molecule has 1 aromatic rings. The largest absolute Gasteiger partial charge is 0.395 e. The predicted octanol–water partition coefficient (Wildman–Crippen LogP) is 1.67. The van der Waals surface area contributed by atoms with Gasteiger partial charge in [0.1, 0.15) is 5.03 Å². The van der Waals surface area contributed by atoms with Crippen molar-refractivity contribution >= 4 is 29.1 Å². The number of aryl methyl sites for hydroxylation is 1. The van der Waals surface area contributed by atoms with Gasteiger partial charge in [-0.15, -0.1) is 11.8 Å². The summed E-state index contributed by atoms with van der Waals surface area (Å²) >= 11 is 7.36. The second-order valence-corrected chi connectivity index (χ2v) is 4.87. The van der Waals surface area contributed by atoms with Crippen LogP contribution in [0.15, 0.2) is 5.03 Å². The van der Waals surface area contributed by atoms with E-state index >= 15 is 0 Å². The molecular weight excluding hydrogens is 232 g/mol. The number of nitrogens with two attached hydrogens (primary N) is 1. The Morgan fingerprint density at radius 1 is 1.40 bits per heavy atom. The number of halogens is 1. The highest BCUT2D eigenvalue weighted by atomic mass is 35.5. The minimum absolute atomic E-state index is 0.258. The van der Waals surface area contributed by atoms with E-state index in [2.05, 4.69) is 14.9 Å². The normalized spacial score (nSPS) is 11.0. The molecular formula is C9H15ClN4S. The molecule has 0 spiro atoms. The maximum Gasteiger partial charge on any atom is 0.223 e. The quantitative estimate of drug-likeness (QED) is 0.498. The highest BCUT2D eigenvalue weighted by Crippen LogP contribution is 2.25. The number of thioether (sulfide) groups is 1. The first-order valence-corrected chi connectivity index (χ1v) is 5.94. The van der Waals surface area contributed by atoms with Crippen LogP contribution in [0.4, 0.5) is 5.69 Å². The van der Waals surface area contributed by atoms with Crippen LogP contribution in [-0.2, 0) is 0 Å². The SMILES string of the molecule is Cc1nc(Cl)nc(SCCN(C)C)c1N. The zero-order valence-corrected chi connectivity index (χ0v) is 10.7. The van der Waals surface area contributed by atoms with E-state index in [4.69, 9.17) is 17.3 Å². The lowest BCUT2D eigenvalue weighted by atomic mass is 10.4. The smallest absolute Gasteiger partial charge is 0.223 e. The second-order valence-electron chi connectivity index (χ2n) is 3.45. The van der Waals surface area contributed by atoms with E-state index in [-0.39, 0.29) is 5.28 Å². The highest BCUT2D eigenvalue weighted by Gasteiger charge is 2.08. The van der Waals surface area contributed by atoms with Gasteiger partial charge in [0.2, 0.25) is 5.28 Å². The molecule has 84 valence electrons. The van der Waals surface area contributed by atoms with Crippen molar-refractivity contribution in [3.05, 3.63) is 11.0 Å². The third-order valence-corrected chi connectivity index (χ3v) is 2.99. The van der Waals surface area contributed by atoms with E-state index < -0.39 is 0 Å². The molecule has 1 heterocycles. The van der Waals surface area contributed by atoms with Crippen LogP contribution >= 0.6 is 23.4 Å². The fourth-order valence-electron chi connectivity index (χ4n) is 0.957. The fourth-order valence-corrected chi connectivity index (χ4v) is 2.32. The minimum Gasteiger partial charge on any atom is -0.395 e. The molecule has 0 radical (unpaired) electrons. The van der Waals surface area contributed by atoms with Crippen LogP contribution in [-0.4, -0.2) is 41.3 Å². The number of rotatable bonds is 4. The average molecular weight is 247 g/mol. The molecule has 1 aromatic heterocycles. The lowest BCUT2D eigenvalue weighted by Crippen LogP contribution is -2.15. The standard InChI is InChI=1S/C9H15ClN4S/c1-6-7(11)8(13-9(10)12-6)15-5-4-14(2)3/h4-5,11H2,1-3H3. The molecule has 0 aliphatic carbocycles. The van der Waals surface area contributed by atoms with E-state index in [1.165, 1.54) is 0 Å². The summed E-state index contributed by atoms with van der Waals surface area (Å²) in [4.78, 5) is 10.2. The van der Waals surface area contributed by atoms with Crippen molar-refractivity contribution in [2.75, 3.05) is 32.1 Å². The van der Waals surface area contributed by atoms with Crippen LogP contribution in [0.1, 0.15) is 5.69 Å². The van der Waals surface area contributed by atoms with Crippen LogP contribution in [0.2, 0.25) is 5.28 Å². The molecule has 0 unspecified atom stereocenters. The summed E-state index contributed by atoms with van der Waals surface area (Å²) in [5, 5.41) is 1.03. The maximum atomic E-state index is 5.85. The van der Waals surface area contributed by atoms with Crippen molar-refractivity contribution in [3.63, 3.8) is 0 Å². The molecule has 1 rings (SSSR count). The summed E-state index contributed by atoms with van der Waals surface area (Å²) in [5.41, 5.74) is 7.22. The number of hydrogen-bond acceptors (Lipinski definition) is 5. The molecule has 0 bridgehead atoms. The lowest BCUT2D eigenvalue weighted by molar-refractivity contribution is 0.437. The Morgan fingerprint density at radius 3 is 2.67 bits per heavy atom. The third-order valence-electron chi connectivity index (χ3n) is 1.85. The minimum atomic E-state index is 0.258. The first-order chi connectivity index (χ1) is 7.00. The molecule has 0 saturated heterocycles. The van der Waals surface area contributed by atoms with Crippen LogP contribution in [0.3, 0.4) is 0 Å². The zero-order valence-electron chi connectivity index (χ0n) is 9.12. The fraction of sp³-hybridized carbons (Fsp3) is 0.556. The Labute approximate surface area is 99.2 Å². The first kappa shape index (κ1) is 12.5. The van der Waals surface area contributed by atoms with E-state index in [1.54, 1.807) is 11.8 Å². The Kier molecular flexibility index (Phi) is 4.63. The Balaban J connectivity index is 2.68. The zero-order chi connectivity index (χ0) is 11.4. The number of aromatic nitrogens is 2. The molecule has 0 aliphatic rings. The first-order valence-electron chi connectivity index (χ1n) is 4.58. The van der Waals surface area contributed by atoms with Gasteiger partial charge >= 0.3 is 0 Å². The van der Waals surface area contributed by atoms with Gasteiger partial charge in [-0.3, -0.25) is 0 Å². The molecule has 0 atom stereocenters. The van der Waals surface area contributed by atoms with Crippen LogP contribution in [0.5, 0.6) is 0 Å². The van der Waals surface area contributed by atoms with Crippen molar-refractivity contribution < 1.29 is 0 Å². The van der Waals surface area contributed by atoms with Crippen molar-refractivity contribution in [3.8, 4) is 0 Å². The monoisotopic (exact) mass is 246 g/mol. The summed E-state index contributed by atoms with van der Waals surface area (Å²) in [5.74, 6) is 0.935. The number of hydrogen-bond donors (Lipinski definition) is 1. The summed E-state index contributed by atoms with van der Waals surface area (Å²) in [6.07, 6.45) is 0. The molecule has 0 fully saturated rings. The molecule has 6 heteroatoms. The molecule has 2 N–H and O–H groups in total. The second kappa shape index (κ2) is 5.53. The van der Waals surface area contributed by atoms with Crippen LogP contribution in [0.25, 0.3) is 0 Å². The summed E-state index contributed by atoms with van der Waals surface area (Å²) < 4.78 is 0. The molecule has 0 saturated carbocycles. The van der Waals surface area contributed by atoms with Crippen molar-refractivity contribution in [1.82, 2.24) is 14.9 Å². The molecule has 0 aliphatic heterocycles. The Bertz CT molecular complexity index is 343. The number of nitrogen functional groups attached to an aromatic ring is 1. The number of nitrogens with zero attached hydrogens (tertiary/aromatic N) is 3. The van der Waals surface area contributed by atoms with Crippen molar-refractivity contribution in [2.45, 2.75) is 11.9 Å². The van der Waals surface area contributed by atoms with Crippen molar-refractivity contribution in [2.24, 2.45) is 0 Å². The summed E-state index contributed by atoms with van der Waals surface area (Å²) in [7, 11) is 4.06. The van der Waals surface area contributed by atoms with E-state index in [1.807, 2.05) is 21.0 Å². The van der Waals surface area contributed by atoms with E-state index in [9.17, 15) is 0 Å². The predicted molar refractivity (Wildman–Crippen MR) is 65.5 cm³/mol. The maximum absolute atomic E-state index is 5.85. The van der Waals surface area contributed by atoms with Crippen LogP contribution < -0.4 is 5.73 Å². The molecule has 15 heavy (non-hydrogen) atoms. The van der Waals surface area contributed by atoms with E-state index in [0.717, 1.165) is 23.0 Å². The van der Waals surface area contributed by atoms with Gasteiger partial charge in [0.15, 0.2) is 0 Å². The van der Waals surface area contributed by atoms with Gasteiger partial charge in [-0.2, -0.15) is 0 Å². The Hall–Kier alpha value is -0.520. The van der Waals surface area contributed by atoms with Gasteiger partial charge in [-0.05, 0) is 32.6 Å². The van der Waals surface area contributed by atoms with E-state index in [0.29, 0.717) is 5.69 Å². The molecule has 0 amide bonds. The lowest BCUT2D eigenvalue weighted by Gasteiger charge is -2.10. The topological polar surface area (TPSA) is 55.0 Å². The van der Waals surface area contributed by atoms with Gasteiger partial charge < -0.3 is 10.6 Å². The average Bonchev–Trinajstić information content (AvgIpc) is 2.12. The van der Waals surface area contributed by atoms with Gasteiger partial charge in [0.25, 0.3) is 0 Å². The number of anilines is 1. The van der Waals surface area contributed by atoms with Crippen LogP contribution in [0, 0.1) is 6.92 Å². The highest BCUT2D eigenvalue weighted by molar-refractivity contribution is 7.99. The van der Waals surface area contributed by atoms with Gasteiger partial charge in [-0.25, -0.2) is 9.97 Å². The Morgan fingerprint density at radius 2 is 2.07 bits per heavy atom. The van der Waals surface area contributed by atoms with Crippen molar-refractivity contribution in [1.29, 1.82) is 0 Å². The molecule has 4 nitrogen and oxygen atoms in total. The third kappa shape index (κ3) is 3.85.